The van der Waals surface area contributed by atoms with E-state index in [9.17, 15) is 44.1 Å². The summed E-state index contributed by atoms with van der Waals surface area (Å²) in [5.41, 5.74) is 4.69. The van der Waals surface area contributed by atoms with Crippen LogP contribution in [0.25, 0.3) is 0 Å². The van der Waals surface area contributed by atoms with E-state index in [1.165, 1.54) is 6.92 Å². The molecule has 0 heterocycles. The zero-order valence-corrected chi connectivity index (χ0v) is 14.1. The first kappa shape index (κ1) is 32.4. The Morgan fingerprint density at radius 3 is 0.696 bits per heavy atom. The number of rotatable bonds is 3. The van der Waals surface area contributed by atoms with Gasteiger partial charge in [-0.15, -0.1) is 0 Å². The standard InChI is InChI=1S/3C3H4O3.C2H6N2.V/c3*1-2(4)3(5)6;1-2(3)4;/h3*1H3,(H,5,6);1H3,(H3,3,4);/p-3. The van der Waals surface area contributed by atoms with E-state index in [4.69, 9.17) is 11.1 Å². The van der Waals surface area contributed by atoms with Gasteiger partial charge in [0, 0.05) is 39.3 Å². The van der Waals surface area contributed by atoms with E-state index in [0.29, 0.717) is 0 Å². The van der Waals surface area contributed by atoms with Crippen molar-refractivity contribution >= 4 is 41.1 Å². The second-order valence-corrected chi connectivity index (χ2v) is 3.21. The second-order valence-electron chi connectivity index (χ2n) is 3.21. The molecule has 0 aromatic carbocycles. The minimum Gasteiger partial charge on any atom is -0.542 e. The molecule has 0 rings (SSSR count). The minimum atomic E-state index is -1.63. The summed E-state index contributed by atoms with van der Waals surface area (Å²) < 4.78 is 0. The molecule has 0 aliphatic carbocycles. The van der Waals surface area contributed by atoms with Gasteiger partial charge in [0.15, 0.2) is 17.3 Å². The maximum Gasteiger partial charge on any atom is 0.175 e. The van der Waals surface area contributed by atoms with Gasteiger partial charge >= 0.3 is 0 Å². The molecular formula is C11H15N2O9V-3. The summed E-state index contributed by atoms with van der Waals surface area (Å²) in [6, 6.07) is 0. The molecule has 0 fully saturated rings. The maximum absolute atomic E-state index is 9.48. The van der Waals surface area contributed by atoms with Gasteiger partial charge in [-0.2, -0.15) is 0 Å². The third kappa shape index (κ3) is 66.2. The summed E-state index contributed by atoms with van der Waals surface area (Å²) in [6.07, 6.45) is 0. The molecule has 1 radical (unpaired) electrons. The third-order valence-electron chi connectivity index (χ3n) is 0.862. The summed E-state index contributed by atoms with van der Waals surface area (Å²) in [7, 11) is 0. The molecule has 11 nitrogen and oxygen atoms in total. The first-order valence-electron chi connectivity index (χ1n) is 5.13. The molecule has 0 saturated carbocycles. The zero-order valence-electron chi connectivity index (χ0n) is 12.7. The molecule has 0 bridgehead atoms. The van der Waals surface area contributed by atoms with Gasteiger partial charge in [0.1, 0.15) is 17.9 Å². The Balaban J connectivity index is -0.0000000624. The van der Waals surface area contributed by atoms with Crippen molar-refractivity contribution in [1.82, 2.24) is 0 Å². The summed E-state index contributed by atoms with van der Waals surface area (Å²) in [5.74, 6) is -7.53. The fourth-order valence-corrected chi connectivity index (χ4v) is 0. The Morgan fingerprint density at radius 2 is 0.696 bits per heavy atom. The summed E-state index contributed by atoms with van der Waals surface area (Å²) in [4.78, 5) is 56.2. The van der Waals surface area contributed by atoms with Crippen LogP contribution >= 0.6 is 0 Å². The molecule has 23 heavy (non-hydrogen) atoms. The van der Waals surface area contributed by atoms with Crippen LogP contribution in [0.4, 0.5) is 0 Å². The van der Waals surface area contributed by atoms with Crippen LogP contribution in [-0.2, 0) is 47.3 Å². The second kappa shape index (κ2) is 19.5. The number of carboxylic acid groups (broad SMARTS) is 3. The number of nitrogens with one attached hydrogen (secondary N) is 1. The van der Waals surface area contributed by atoms with Crippen LogP contribution in [0.3, 0.4) is 0 Å². The fraction of sp³-hybridized carbons (Fsp3) is 0.364. The van der Waals surface area contributed by atoms with Gasteiger partial charge in [0.2, 0.25) is 0 Å². The van der Waals surface area contributed by atoms with Crippen LogP contribution < -0.4 is 21.1 Å². The van der Waals surface area contributed by atoms with E-state index in [1.54, 1.807) is 0 Å². The van der Waals surface area contributed by atoms with Crippen molar-refractivity contribution in [2.45, 2.75) is 27.7 Å². The largest absolute Gasteiger partial charge is 0.542 e. The molecule has 0 aliphatic heterocycles. The van der Waals surface area contributed by atoms with Crippen LogP contribution in [0, 0.1) is 5.41 Å². The number of carboxylic acids is 3. The zero-order chi connectivity index (χ0) is 19.0. The molecule has 0 amide bonds. The predicted molar refractivity (Wildman–Crippen MR) is 64.7 cm³/mol. The smallest absolute Gasteiger partial charge is 0.175 e. The van der Waals surface area contributed by atoms with Crippen molar-refractivity contribution in [2.75, 3.05) is 0 Å². The SMILES string of the molecule is CC(=N)N.CC(=O)C(=O)[O-].CC(=O)C(=O)[O-].CC(=O)C(=O)[O-].[V]. The van der Waals surface area contributed by atoms with Crippen LogP contribution in [0.5, 0.6) is 0 Å². The number of hydrogen-bond acceptors (Lipinski definition) is 10. The number of aliphatic carboxylic acids is 3. The van der Waals surface area contributed by atoms with Crippen molar-refractivity contribution in [3.63, 3.8) is 0 Å². The molecule has 0 spiro atoms. The first-order valence-corrected chi connectivity index (χ1v) is 5.13. The summed E-state index contributed by atoms with van der Waals surface area (Å²) in [6.45, 7) is 4.35. The summed E-state index contributed by atoms with van der Waals surface area (Å²) >= 11 is 0. The van der Waals surface area contributed by atoms with Gasteiger partial charge in [-0.3, -0.25) is 19.8 Å². The molecule has 0 saturated heterocycles. The van der Waals surface area contributed by atoms with Crippen LogP contribution in [0.1, 0.15) is 27.7 Å². The Bertz CT molecular complexity index is 363. The van der Waals surface area contributed by atoms with Crippen LogP contribution in [0.15, 0.2) is 0 Å². The average molecular weight is 370 g/mol. The van der Waals surface area contributed by atoms with Gasteiger partial charge in [-0.1, -0.05) is 0 Å². The fourth-order valence-electron chi connectivity index (χ4n) is 0. The van der Waals surface area contributed by atoms with Crippen LogP contribution in [0.2, 0.25) is 0 Å². The Kier molecular flexibility index (Phi) is 27.5. The first-order chi connectivity index (χ1) is 9.66. The minimum absolute atomic E-state index is 0. The molecule has 0 aromatic rings. The number of carbonyl (C=O) groups is 6. The van der Waals surface area contributed by atoms with E-state index in [2.05, 4.69) is 0 Å². The molecule has 131 valence electrons. The van der Waals surface area contributed by atoms with E-state index in [0.717, 1.165) is 20.8 Å². The Labute approximate surface area is 143 Å². The monoisotopic (exact) mass is 370 g/mol. The molecule has 0 aromatic heterocycles. The van der Waals surface area contributed by atoms with Gasteiger partial charge in [0.25, 0.3) is 0 Å². The van der Waals surface area contributed by atoms with Gasteiger partial charge < -0.3 is 35.4 Å². The molecule has 0 unspecified atom stereocenters. The molecule has 0 aliphatic rings. The average Bonchev–Trinajstić information content (AvgIpc) is 2.29. The summed E-state index contributed by atoms with van der Waals surface area (Å²) in [5, 5.41) is 34.0. The number of hydrogen-bond donors (Lipinski definition) is 2. The van der Waals surface area contributed by atoms with E-state index >= 15 is 0 Å². The quantitative estimate of drug-likeness (QED) is 0.273. The molecule has 12 heteroatoms. The normalized spacial score (nSPS) is 6.96. The van der Waals surface area contributed by atoms with E-state index in [1.807, 2.05) is 0 Å². The number of carbonyl (C=O) groups excluding carboxylic acids is 6. The van der Waals surface area contributed by atoms with Crippen molar-refractivity contribution in [2.24, 2.45) is 5.73 Å². The van der Waals surface area contributed by atoms with Gasteiger partial charge in [0.05, 0.1) is 5.84 Å². The topological polar surface area (TPSA) is 221 Å². The number of amidine groups is 1. The van der Waals surface area contributed by atoms with Crippen molar-refractivity contribution in [3.8, 4) is 0 Å². The maximum atomic E-state index is 9.48. The Hall–Kier alpha value is -2.53. The molecular weight excluding hydrogens is 355 g/mol. The number of nitrogens with two attached hydrogens (primary N) is 1. The van der Waals surface area contributed by atoms with E-state index in [-0.39, 0.29) is 24.4 Å². The third-order valence-corrected chi connectivity index (χ3v) is 0.862. The van der Waals surface area contributed by atoms with Crippen molar-refractivity contribution in [1.29, 1.82) is 5.41 Å². The predicted octanol–water partition coefficient (Wildman–Crippen LogP) is -5.08. The molecule has 0 atom stereocenters. The van der Waals surface area contributed by atoms with Crippen LogP contribution in [-0.4, -0.2) is 41.1 Å². The number of Topliss-reactive ketones (excluding diaryl/α,β-unsaturated/α-hetero) is 3. The molecule has 3 N–H and O–H groups in total. The van der Waals surface area contributed by atoms with E-state index < -0.39 is 35.3 Å². The number of ketones is 3. The Morgan fingerprint density at radius 1 is 0.652 bits per heavy atom. The van der Waals surface area contributed by atoms with Gasteiger partial charge in [-0.25, -0.2) is 0 Å². The van der Waals surface area contributed by atoms with Gasteiger partial charge in [-0.05, 0) is 6.92 Å². The van der Waals surface area contributed by atoms with Crippen molar-refractivity contribution < 1.29 is 62.6 Å². The van der Waals surface area contributed by atoms with Crippen molar-refractivity contribution in [3.05, 3.63) is 0 Å².